The molecule has 0 spiro atoms. The van der Waals surface area contributed by atoms with Gasteiger partial charge in [-0.3, -0.25) is 0 Å². The van der Waals surface area contributed by atoms with Crippen molar-refractivity contribution < 1.29 is 0 Å². The van der Waals surface area contributed by atoms with Crippen molar-refractivity contribution in [1.82, 2.24) is 0 Å². The maximum Gasteiger partial charge on any atom is 0.0632 e. The highest BCUT2D eigenvalue weighted by Gasteiger charge is 2.32. The lowest BCUT2D eigenvalue weighted by atomic mass is 9.90. The van der Waals surface area contributed by atoms with E-state index in [-0.39, 0.29) is 0 Å². The summed E-state index contributed by atoms with van der Waals surface area (Å²) in [5, 5.41) is 17.9. The number of nitrogens with zero attached hydrogens (tertiary/aromatic N) is 2. The summed E-state index contributed by atoms with van der Waals surface area (Å²) in [5.41, 5.74) is 12.3. The number of fused-ring (bicyclic) bond motifs is 8. The normalized spacial score (nSPS) is 12.4. The van der Waals surface area contributed by atoms with Crippen molar-refractivity contribution in [2.45, 2.75) is 79.1 Å². The third kappa shape index (κ3) is 6.45. The van der Waals surface area contributed by atoms with Crippen LogP contribution in [0.2, 0.25) is 0 Å². The molecule has 0 radical (unpaired) electrons. The Bertz CT molecular complexity index is 3710. The Kier molecular flexibility index (Phi) is 9.96. The first-order valence-electron chi connectivity index (χ1n) is 24.8. The first-order valence-corrected chi connectivity index (χ1v) is 24.8. The van der Waals surface area contributed by atoms with Crippen LogP contribution >= 0.6 is 0 Å². The predicted molar refractivity (Wildman–Crippen MR) is 297 cm³/mol. The van der Waals surface area contributed by atoms with Gasteiger partial charge in [0.1, 0.15) is 0 Å². The van der Waals surface area contributed by atoms with Crippen LogP contribution in [0.25, 0.3) is 75.4 Å². The molecule has 0 saturated carbocycles. The molecule has 0 aromatic heterocycles. The van der Waals surface area contributed by atoms with Crippen molar-refractivity contribution in [1.29, 1.82) is 0 Å². The molecule has 12 rings (SSSR count). The molecule has 0 aliphatic heterocycles. The quantitative estimate of drug-likeness (QED) is 0.0997. The minimum Gasteiger partial charge on any atom is -0.309 e. The number of benzene rings is 10. The lowest BCUT2D eigenvalue weighted by Crippen LogP contribution is -2.15. The number of rotatable bonds is 10. The smallest absolute Gasteiger partial charge is 0.0632 e. The molecule has 0 aliphatic carbocycles. The molecule has 0 unspecified atom stereocenters. The highest BCUT2D eigenvalue weighted by atomic mass is 15.2. The van der Waals surface area contributed by atoms with Crippen molar-refractivity contribution in [2.24, 2.45) is 0 Å². The first kappa shape index (κ1) is 42.0. The third-order valence-corrected chi connectivity index (χ3v) is 15.0. The minimum atomic E-state index is 0.415. The molecule has 2 heteroatoms. The largest absolute Gasteiger partial charge is 0.309 e. The van der Waals surface area contributed by atoms with E-state index in [9.17, 15) is 0 Å². The molecular weight excluding hydrogens is 821 g/mol. The number of hydrogen-bond acceptors (Lipinski definition) is 2. The molecule has 0 saturated heterocycles. The molecule has 0 bridgehead atoms. The molecule has 332 valence electrons. The summed E-state index contributed by atoms with van der Waals surface area (Å²) in [6.07, 6.45) is 0. The van der Waals surface area contributed by atoms with Crippen molar-refractivity contribution >= 4 is 110 Å². The van der Waals surface area contributed by atoms with Gasteiger partial charge in [0.2, 0.25) is 0 Å². The van der Waals surface area contributed by atoms with E-state index in [1.54, 1.807) is 0 Å². The maximum absolute atomic E-state index is 2.60. The van der Waals surface area contributed by atoms with Crippen LogP contribution in [0.4, 0.5) is 34.1 Å². The molecule has 12 aromatic rings. The van der Waals surface area contributed by atoms with Crippen LogP contribution < -0.4 is 9.80 Å². The average molecular weight is 879 g/mol. The summed E-state index contributed by atoms with van der Waals surface area (Å²) >= 11 is 0. The zero-order valence-electron chi connectivity index (χ0n) is 40.5. The van der Waals surface area contributed by atoms with Crippen molar-refractivity contribution in [3.63, 3.8) is 0 Å². The predicted octanol–water partition coefficient (Wildman–Crippen LogP) is 20.1. The average Bonchev–Trinajstić information content (AvgIpc) is 3.87. The molecule has 0 heterocycles. The van der Waals surface area contributed by atoms with Gasteiger partial charge in [0, 0.05) is 44.3 Å². The molecule has 2 nitrogen and oxygen atoms in total. The van der Waals surface area contributed by atoms with Gasteiger partial charge in [-0.2, -0.15) is 0 Å². The van der Waals surface area contributed by atoms with Gasteiger partial charge in [-0.15, -0.1) is 0 Å². The van der Waals surface area contributed by atoms with E-state index >= 15 is 0 Å². The van der Waals surface area contributed by atoms with Crippen molar-refractivity contribution in [3.8, 4) is 0 Å². The van der Waals surface area contributed by atoms with Crippen LogP contribution in [-0.2, 0) is 0 Å². The van der Waals surface area contributed by atoms with Crippen LogP contribution in [0.5, 0.6) is 0 Å². The summed E-state index contributed by atoms with van der Waals surface area (Å²) in [6.45, 7) is 18.3. The summed E-state index contributed by atoms with van der Waals surface area (Å²) in [7, 11) is 0. The first-order chi connectivity index (χ1) is 33.1. The standard InChI is InChI=1S/C66H58N2/c1-39(2)43-22-30-48(31-23-43)67(49-32-24-44(25-33-49)40(3)4)65-59-38-58-53-17-10-9-16-52(53)54-18-13-21-57(61(54)58)62(59)66(64-56-20-12-15-47-14-11-19-55(60(47)56)63(64)65)68(50-34-26-45(27-35-50)41(5)6)51-36-28-46(29-37-51)42(7)8/h9-42H,1-8H3. The van der Waals surface area contributed by atoms with Gasteiger partial charge in [0.25, 0.3) is 0 Å². The van der Waals surface area contributed by atoms with E-state index in [1.165, 1.54) is 109 Å². The van der Waals surface area contributed by atoms with Crippen LogP contribution in [0, 0.1) is 0 Å². The molecule has 68 heavy (non-hydrogen) atoms. The Morgan fingerprint density at radius 1 is 0.250 bits per heavy atom. The number of hydrogen-bond donors (Lipinski definition) is 0. The fourth-order valence-corrected chi connectivity index (χ4v) is 11.4. The van der Waals surface area contributed by atoms with Crippen LogP contribution in [0.1, 0.15) is 101 Å². The zero-order chi connectivity index (χ0) is 46.5. The van der Waals surface area contributed by atoms with Gasteiger partial charge < -0.3 is 9.80 Å². The van der Waals surface area contributed by atoms with Gasteiger partial charge in [-0.05, 0) is 154 Å². The van der Waals surface area contributed by atoms with Gasteiger partial charge in [-0.1, -0.05) is 183 Å². The Labute approximate surface area is 400 Å². The number of anilines is 6. The lowest BCUT2D eigenvalue weighted by Gasteiger charge is -2.33. The van der Waals surface area contributed by atoms with Crippen molar-refractivity contribution in [3.05, 3.63) is 204 Å². The lowest BCUT2D eigenvalue weighted by molar-refractivity contribution is 0.866. The molecule has 0 amide bonds. The second-order valence-electron chi connectivity index (χ2n) is 20.4. The van der Waals surface area contributed by atoms with Gasteiger partial charge in [0.05, 0.1) is 11.4 Å². The minimum absolute atomic E-state index is 0.415. The molecule has 12 aromatic carbocycles. The summed E-state index contributed by atoms with van der Waals surface area (Å²) in [4.78, 5) is 5.19. The van der Waals surface area contributed by atoms with Crippen molar-refractivity contribution in [2.75, 3.05) is 9.80 Å². The summed E-state index contributed by atoms with van der Waals surface area (Å²) in [6, 6.07) is 70.0. The molecule has 0 N–H and O–H groups in total. The fraction of sp³-hybridized carbons (Fsp3) is 0.182. The highest BCUT2D eigenvalue weighted by molar-refractivity contribution is 6.45. The molecule has 0 aliphatic rings. The van der Waals surface area contributed by atoms with E-state index in [0.717, 1.165) is 22.7 Å². The Hall–Kier alpha value is -7.42. The molecule has 0 fully saturated rings. The second kappa shape index (κ2) is 16.1. The Morgan fingerprint density at radius 3 is 1.01 bits per heavy atom. The monoisotopic (exact) mass is 878 g/mol. The summed E-state index contributed by atoms with van der Waals surface area (Å²) in [5.74, 6) is 1.66. The Balaban J connectivity index is 1.35. The van der Waals surface area contributed by atoms with Gasteiger partial charge >= 0.3 is 0 Å². The van der Waals surface area contributed by atoms with Crippen LogP contribution in [-0.4, -0.2) is 0 Å². The summed E-state index contributed by atoms with van der Waals surface area (Å²) < 4.78 is 0. The van der Waals surface area contributed by atoms with Gasteiger partial charge in [-0.25, -0.2) is 0 Å². The highest BCUT2D eigenvalue weighted by Crippen LogP contribution is 2.59. The van der Waals surface area contributed by atoms with E-state index < -0.39 is 0 Å². The van der Waals surface area contributed by atoms with Gasteiger partial charge in [0.15, 0.2) is 0 Å². The van der Waals surface area contributed by atoms with E-state index in [2.05, 4.69) is 247 Å². The zero-order valence-corrected chi connectivity index (χ0v) is 40.5. The SMILES string of the molecule is CC(C)c1ccc(N(c2ccc(C(C)C)cc2)c2c3cc4c5ccccc5c5cccc(c3c(N(c3ccc(C(C)C)cc3)c3ccc(C(C)C)cc3)c3c6cccc7cccc(c23)c76)c54)cc1. The van der Waals surface area contributed by atoms with Crippen LogP contribution in [0.15, 0.2) is 182 Å². The van der Waals surface area contributed by atoms with Crippen LogP contribution in [0.3, 0.4) is 0 Å². The third-order valence-electron chi connectivity index (χ3n) is 15.0. The Morgan fingerprint density at radius 2 is 0.588 bits per heavy atom. The second-order valence-corrected chi connectivity index (χ2v) is 20.4. The topological polar surface area (TPSA) is 6.48 Å². The van der Waals surface area contributed by atoms with E-state index in [1.807, 2.05) is 0 Å². The molecule has 0 atom stereocenters. The fourth-order valence-electron chi connectivity index (χ4n) is 11.4. The molecular formula is C66H58N2. The maximum atomic E-state index is 2.60. The van der Waals surface area contributed by atoms with E-state index in [4.69, 9.17) is 0 Å². The van der Waals surface area contributed by atoms with E-state index in [0.29, 0.717) is 23.7 Å².